The Morgan fingerprint density at radius 1 is 1.00 bits per heavy atom. The average molecular weight is 333 g/mol. The standard InChI is InChI=1S/C18H20FNO2S/c19-17-9-5-4-8-16(17)13-23(21,22)20-14-18(10-11-18)12-15-6-2-1-3-7-15/h1-9,20H,10-14H2. The Morgan fingerprint density at radius 3 is 2.30 bits per heavy atom. The summed E-state index contributed by atoms with van der Waals surface area (Å²) < 4.78 is 40.7. The van der Waals surface area contributed by atoms with Gasteiger partial charge in [-0.2, -0.15) is 0 Å². The van der Waals surface area contributed by atoms with Gasteiger partial charge in [0.05, 0.1) is 5.75 Å². The number of hydrogen-bond acceptors (Lipinski definition) is 2. The van der Waals surface area contributed by atoms with Gasteiger partial charge in [-0.3, -0.25) is 0 Å². The molecule has 0 amide bonds. The summed E-state index contributed by atoms with van der Waals surface area (Å²) in [5.41, 5.74) is 1.44. The molecule has 0 aliphatic heterocycles. The highest BCUT2D eigenvalue weighted by Gasteiger charge is 2.43. The molecule has 0 heterocycles. The fourth-order valence-electron chi connectivity index (χ4n) is 2.76. The second-order valence-electron chi connectivity index (χ2n) is 6.33. The first-order valence-electron chi connectivity index (χ1n) is 7.73. The van der Waals surface area contributed by atoms with Crippen LogP contribution in [0.4, 0.5) is 4.39 Å². The predicted molar refractivity (Wildman–Crippen MR) is 88.8 cm³/mol. The molecule has 2 aromatic rings. The number of sulfonamides is 1. The molecule has 122 valence electrons. The van der Waals surface area contributed by atoms with Gasteiger partial charge in [0.15, 0.2) is 0 Å². The summed E-state index contributed by atoms with van der Waals surface area (Å²) >= 11 is 0. The molecule has 0 spiro atoms. The zero-order valence-electron chi connectivity index (χ0n) is 12.8. The Hall–Kier alpha value is -1.72. The van der Waals surface area contributed by atoms with Crippen LogP contribution < -0.4 is 4.72 Å². The highest BCUT2D eigenvalue weighted by atomic mass is 32.2. The topological polar surface area (TPSA) is 46.2 Å². The average Bonchev–Trinajstić information content (AvgIpc) is 3.29. The molecule has 23 heavy (non-hydrogen) atoms. The lowest BCUT2D eigenvalue weighted by atomic mass is 9.97. The first kappa shape index (κ1) is 16.1. The van der Waals surface area contributed by atoms with Gasteiger partial charge < -0.3 is 0 Å². The van der Waals surface area contributed by atoms with E-state index in [9.17, 15) is 12.8 Å². The largest absolute Gasteiger partial charge is 0.215 e. The molecule has 0 unspecified atom stereocenters. The molecule has 1 saturated carbocycles. The van der Waals surface area contributed by atoms with Gasteiger partial charge >= 0.3 is 0 Å². The summed E-state index contributed by atoms with van der Waals surface area (Å²) in [4.78, 5) is 0. The number of rotatable bonds is 7. The van der Waals surface area contributed by atoms with Gasteiger partial charge in [0.1, 0.15) is 5.82 Å². The summed E-state index contributed by atoms with van der Waals surface area (Å²) in [6, 6.07) is 16.1. The third kappa shape index (κ3) is 4.39. The third-order valence-corrected chi connectivity index (χ3v) is 5.62. The van der Waals surface area contributed by atoms with E-state index >= 15 is 0 Å². The van der Waals surface area contributed by atoms with Crippen LogP contribution in [0.15, 0.2) is 54.6 Å². The van der Waals surface area contributed by atoms with Crippen molar-refractivity contribution in [2.45, 2.75) is 25.0 Å². The van der Waals surface area contributed by atoms with Crippen molar-refractivity contribution < 1.29 is 12.8 Å². The molecule has 2 aromatic carbocycles. The van der Waals surface area contributed by atoms with Crippen LogP contribution in [0.3, 0.4) is 0 Å². The summed E-state index contributed by atoms with van der Waals surface area (Å²) in [6.45, 7) is 0.415. The smallest absolute Gasteiger partial charge is 0.214 e. The number of benzene rings is 2. The second kappa shape index (κ2) is 6.42. The normalized spacial score (nSPS) is 16.2. The molecule has 1 aliphatic rings. The highest BCUT2D eigenvalue weighted by Crippen LogP contribution is 2.47. The van der Waals surface area contributed by atoms with Crippen LogP contribution in [0.25, 0.3) is 0 Å². The van der Waals surface area contributed by atoms with Gasteiger partial charge in [-0.05, 0) is 36.3 Å². The van der Waals surface area contributed by atoms with Gasteiger partial charge in [0.25, 0.3) is 0 Å². The fraction of sp³-hybridized carbons (Fsp3) is 0.333. The monoisotopic (exact) mass is 333 g/mol. The lowest BCUT2D eigenvalue weighted by Crippen LogP contribution is -2.32. The van der Waals surface area contributed by atoms with E-state index in [1.54, 1.807) is 12.1 Å². The van der Waals surface area contributed by atoms with Gasteiger partial charge in [0, 0.05) is 12.1 Å². The van der Waals surface area contributed by atoms with Crippen LogP contribution in [0.5, 0.6) is 0 Å². The van der Waals surface area contributed by atoms with Crippen molar-refractivity contribution in [1.29, 1.82) is 0 Å². The Morgan fingerprint density at radius 2 is 1.65 bits per heavy atom. The van der Waals surface area contributed by atoms with E-state index in [2.05, 4.69) is 16.9 Å². The molecule has 1 aliphatic carbocycles. The summed E-state index contributed by atoms with van der Waals surface area (Å²) in [5.74, 6) is -0.801. The van der Waals surface area contributed by atoms with E-state index in [0.29, 0.717) is 6.54 Å². The summed E-state index contributed by atoms with van der Waals surface area (Å²) in [6.07, 6.45) is 2.91. The Labute approximate surface area is 136 Å². The molecule has 0 atom stereocenters. The molecule has 0 bridgehead atoms. The van der Waals surface area contributed by atoms with Crippen molar-refractivity contribution in [1.82, 2.24) is 4.72 Å². The Kier molecular flexibility index (Phi) is 4.50. The molecular weight excluding hydrogens is 313 g/mol. The molecule has 5 heteroatoms. The lowest BCUT2D eigenvalue weighted by molar-refractivity contribution is 0.487. The van der Waals surface area contributed by atoms with E-state index in [1.807, 2.05) is 18.2 Å². The van der Waals surface area contributed by atoms with Crippen LogP contribution >= 0.6 is 0 Å². The number of halogens is 1. The molecule has 0 saturated heterocycles. The van der Waals surface area contributed by atoms with Crippen LogP contribution in [0.1, 0.15) is 24.0 Å². The van der Waals surface area contributed by atoms with E-state index in [-0.39, 0.29) is 16.7 Å². The molecule has 0 radical (unpaired) electrons. The fourth-order valence-corrected chi connectivity index (χ4v) is 4.03. The van der Waals surface area contributed by atoms with Gasteiger partial charge in [-0.1, -0.05) is 48.5 Å². The number of nitrogens with one attached hydrogen (secondary N) is 1. The van der Waals surface area contributed by atoms with E-state index in [0.717, 1.165) is 19.3 Å². The zero-order valence-corrected chi connectivity index (χ0v) is 13.7. The molecule has 3 rings (SSSR count). The van der Waals surface area contributed by atoms with Gasteiger partial charge in [-0.15, -0.1) is 0 Å². The molecule has 3 nitrogen and oxygen atoms in total. The molecular formula is C18H20FNO2S. The number of hydrogen-bond donors (Lipinski definition) is 1. The van der Waals surface area contributed by atoms with Crippen LogP contribution in [-0.4, -0.2) is 15.0 Å². The lowest BCUT2D eigenvalue weighted by Gasteiger charge is -2.16. The van der Waals surface area contributed by atoms with Crippen molar-refractivity contribution in [3.05, 3.63) is 71.5 Å². The minimum atomic E-state index is -3.53. The van der Waals surface area contributed by atoms with Gasteiger partial charge in [-0.25, -0.2) is 17.5 Å². The van der Waals surface area contributed by atoms with Gasteiger partial charge in [0.2, 0.25) is 10.0 Å². The quantitative estimate of drug-likeness (QED) is 0.845. The Balaban J connectivity index is 1.60. The minimum absolute atomic E-state index is 0.0175. The van der Waals surface area contributed by atoms with E-state index in [1.165, 1.54) is 17.7 Å². The zero-order chi connectivity index (χ0) is 16.3. The maximum absolute atomic E-state index is 13.6. The third-order valence-electron chi connectivity index (χ3n) is 4.35. The first-order chi connectivity index (χ1) is 11.0. The first-order valence-corrected chi connectivity index (χ1v) is 9.38. The van der Waals surface area contributed by atoms with Crippen molar-refractivity contribution in [3.8, 4) is 0 Å². The molecule has 1 fully saturated rings. The predicted octanol–water partition coefficient (Wildman–Crippen LogP) is 3.27. The molecule has 1 N–H and O–H groups in total. The van der Waals surface area contributed by atoms with E-state index in [4.69, 9.17) is 0 Å². The maximum Gasteiger partial charge on any atom is 0.215 e. The second-order valence-corrected chi connectivity index (χ2v) is 8.14. The van der Waals surface area contributed by atoms with Crippen LogP contribution in [0.2, 0.25) is 0 Å². The summed E-state index contributed by atoms with van der Waals surface area (Å²) in [7, 11) is -3.53. The molecule has 0 aromatic heterocycles. The minimum Gasteiger partial charge on any atom is -0.214 e. The SMILES string of the molecule is O=S(=O)(Cc1ccccc1F)NCC1(Cc2ccccc2)CC1. The van der Waals surface area contributed by atoms with Crippen molar-refractivity contribution in [2.24, 2.45) is 5.41 Å². The summed E-state index contributed by atoms with van der Waals surface area (Å²) in [5, 5.41) is 0. The van der Waals surface area contributed by atoms with Crippen LogP contribution in [0, 0.1) is 11.2 Å². The maximum atomic E-state index is 13.6. The van der Waals surface area contributed by atoms with Crippen LogP contribution in [-0.2, 0) is 22.2 Å². The highest BCUT2D eigenvalue weighted by molar-refractivity contribution is 7.88. The van der Waals surface area contributed by atoms with Crippen molar-refractivity contribution >= 4 is 10.0 Å². The van der Waals surface area contributed by atoms with Crippen molar-refractivity contribution in [3.63, 3.8) is 0 Å². The van der Waals surface area contributed by atoms with Crippen molar-refractivity contribution in [2.75, 3.05) is 6.54 Å². The Bertz CT molecular complexity index is 771. The van der Waals surface area contributed by atoms with E-state index < -0.39 is 15.8 Å².